The first kappa shape index (κ1) is 7.37. The van der Waals surface area contributed by atoms with Crippen LogP contribution in [0.2, 0.25) is 0 Å². The van der Waals surface area contributed by atoms with Crippen LogP contribution in [0.4, 0.5) is 0 Å². The number of hydrogen-bond acceptors (Lipinski definition) is 2. The zero-order chi connectivity index (χ0) is 8.55. The molecule has 12 heavy (non-hydrogen) atoms. The van der Waals surface area contributed by atoms with Crippen molar-refractivity contribution < 1.29 is 4.42 Å². The molecule has 0 spiro atoms. The summed E-state index contributed by atoms with van der Waals surface area (Å²) in [5, 5.41) is 1.14. The van der Waals surface area contributed by atoms with Gasteiger partial charge >= 0.3 is 0 Å². The normalized spacial score (nSPS) is 10.8. The lowest BCUT2D eigenvalue weighted by molar-refractivity contribution is 0.613. The van der Waals surface area contributed by atoms with E-state index in [2.05, 4.69) is 0 Å². The van der Waals surface area contributed by atoms with Crippen molar-refractivity contribution in [3.8, 4) is 0 Å². The van der Waals surface area contributed by atoms with E-state index in [0.29, 0.717) is 6.54 Å². The number of fused-ring (bicyclic) bond motifs is 1. The molecule has 2 N–H and O–H groups in total. The number of hydrogen-bond donors (Lipinski definition) is 1. The van der Waals surface area contributed by atoms with E-state index in [1.807, 2.05) is 25.1 Å². The van der Waals surface area contributed by atoms with Crippen LogP contribution in [-0.2, 0) is 6.54 Å². The third kappa shape index (κ3) is 0.924. The van der Waals surface area contributed by atoms with Gasteiger partial charge in [-0.05, 0) is 24.1 Å². The summed E-state index contributed by atoms with van der Waals surface area (Å²) in [6.07, 6.45) is 1.71. The molecule has 2 heteroatoms. The van der Waals surface area contributed by atoms with Crippen LogP contribution in [0.5, 0.6) is 0 Å². The van der Waals surface area contributed by atoms with Crippen LogP contribution in [0, 0.1) is 6.92 Å². The summed E-state index contributed by atoms with van der Waals surface area (Å²) < 4.78 is 5.34. The molecule has 2 rings (SSSR count). The Balaban J connectivity index is 2.82. The first-order chi connectivity index (χ1) is 5.83. The molecule has 0 aliphatic carbocycles. The summed E-state index contributed by atoms with van der Waals surface area (Å²) in [6, 6.07) is 6.05. The molecule has 62 valence electrons. The maximum Gasteiger partial charge on any atom is 0.137 e. The second-order valence-corrected chi connectivity index (χ2v) is 2.91. The SMILES string of the molecule is Cc1ccc(CN)c2ccoc12. The molecule has 0 radical (unpaired) electrons. The van der Waals surface area contributed by atoms with E-state index in [0.717, 1.165) is 22.1 Å². The fourth-order valence-electron chi connectivity index (χ4n) is 1.44. The summed E-state index contributed by atoms with van der Waals surface area (Å²) in [5.41, 5.74) is 8.84. The van der Waals surface area contributed by atoms with E-state index in [4.69, 9.17) is 10.2 Å². The van der Waals surface area contributed by atoms with Crippen molar-refractivity contribution in [3.63, 3.8) is 0 Å². The molecule has 0 aliphatic rings. The van der Waals surface area contributed by atoms with Gasteiger partial charge in [-0.15, -0.1) is 0 Å². The minimum Gasteiger partial charge on any atom is -0.464 e. The summed E-state index contributed by atoms with van der Waals surface area (Å²) in [4.78, 5) is 0. The average Bonchev–Trinajstić information content (AvgIpc) is 2.54. The monoisotopic (exact) mass is 161 g/mol. The van der Waals surface area contributed by atoms with Gasteiger partial charge in [0.25, 0.3) is 0 Å². The first-order valence-electron chi connectivity index (χ1n) is 3.98. The lowest BCUT2D eigenvalue weighted by atomic mass is 10.1. The molecule has 0 unspecified atom stereocenters. The first-order valence-corrected chi connectivity index (χ1v) is 3.98. The van der Waals surface area contributed by atoms with Crippen molar-refractivity contribution >= 4 is 11.0 Å². The van der Waals surface area contributed by atoms with Gasteiger partial charge in [0.15, 0.2) is 0 Å². The molecule has 0 bridgehead atoms. The molecule has 0 saturated heterocycles. The third-order valence-electron chi connectivity index (χ3n) is 2.12. The summed E-state index contributed by atoms with van der Waals surface area (Å²) in [5.74, 6) is 0. The maximum absolute atomic E-state index is 5.58. The lowest BCUT2D eigenvalue weighted by Crippen LogP contribution is -1.96. The second kappa shape index (κ2) is 2.64. The van der Waals surface area contributed by atoms with Gasteiger partial charge in [0.05, 0.1) is 6.26 Å². The third-order valence-corrected chi connectivity index (χ3v) is 2.12. The molecule has 1 heterocycles. The van der Waals surface area contributed by atoms with E-state index in [9.17, 15) is 0 Å². The number of nitrogens with two attached hydrogens (primary N) is 1. The Hall–Kier alpha value is -1.28. The maximum atomic E-state index is 5.58. The molecule has 1 aromatic heterocycles. The highest BCUT2D eigenvalue weighted by Gasteiger charge is 2.03. The highest BCUT2D eigenvalue weighted by atomic mass is 16.3. The van der Waals surface area contributed by atoms with Crippen molar-refractivity contribution in [1.82, 2.24) is 0 Å². The molecule has 2 nitrogen and oxygen atoms in total. The molecule has 0 atom stereocenters. The molecule has 0 aliphatic heterocycles. The Bertz CT molecular complexity index is 403. The predicted molar refractivity (Wildman–Crippen MR) is 48.8 cm³/mol. The quantitative estimate of drug-likeness (QED) is 0.696. The molecule has 0 saturated carbocycles. The second-order valence-electron chi connectivity index (χ2n) is 2.91. The Morgan fingerprint density at radius 2 is 2.17 bits per heavy atom. The minimum atomic E-state index is 0.566. The molecule has 0 amide bonds. The standard InChI is InChI=1S/C10H11NO/c1-7-2-3-8(6-11)9-4-5-12-10(7)9/h2-5H,6,11H2,1H3. The number of rotatable bonds is 1. The van der Waals surface area contributed by atoms with E-state index < -0.39 is 0 Å². The molecular formula is C10H11NO. The van der Waals surface area contributed by atoms with Crippen LogP contribution >= 0.6 is 0 Å². The van der Waals surface area contributed by atoms with Gasteiger partial charge in [-0.25, -0.2) is 0 Å². The molecule has 1 aromatic carbocycles. The van der Waals surface area contributed by atoms with Gasteiger partial charge in [-0.1, -0.05) is 12.1 Å². The average molecular weight is 161 g/mol. The summed E-state index contributed by atoms with van der Waals surface area (Å²) >= 11 is 0. The van der Waals surface area contributed by atoms with Crippen LogP contribution in [-0.4, -0.2) is 0 Å². The van der Waals surface area contributed by atoms with Crippen molar-refractivity contribution in [2.75, 3.05) is 0 Å². The van der Waals surface area contributed by atoms with E-state index in [1.165, 1.54) is 0 Å². The molecular weight excluding hydrogens is 150 g/mol. The Morgan fingerprint density at radius 3 is 2.92 bits per heavy atom. The van der Waals surface area contributed by atoms with Crippen molar-refractivity contribution in [2.45, 2.75) is 13.5 Å². The number of furan rings is 1. The number of benzene rings is 1. The highest BCUT2D eigenvalue weighted by Crippen LogP contribution is 2.22. The zero-order valence-corrected chi connectivity index (χ0v) is 7.00. The fraction of sp³-hybridized carbons (Fsp3) is 0.200. The van der Waals surface area contributed by atoms with Gasteiger partial charge in [0.2, 0.25) is 0 Å². The van der Waals surface area contributed by atoms with Crippen LogP contribution in [0.3, 0.4) is 0 Å². The highest BCUT2D eigenvalue weighted by molar-refractivity contribution is 5.83. The van der Waals surface area contributed by atoms with Crippen LogP contribution in [0.15, 0.2) is 28.9 Å². The Kier molecular flexibility index (Phi) is 1.62. The zero-order valence-electron chi connectivity index (χ0n) is 7.00. The van der Waals surface area contributed by atoms with Gasteiger partial charge in [-0.3, -0.25) is 0 Å². The largest absolute Gasteiger partial charge is 0.464 e. The minimum absolute atomic E-state index is 0.566. The van der Waals surface area contributed by atoms with E-state index in [1.54, 1.807) is 6.26 Å². The van der Waals surface area contributed by atoms with Crippen LogP contribution in [0.1, 0.15) is 11.1 Å². The fourth-order valence-corrected chi connectivity index (χ4v) is 1.44. The summed E-state index contributed by atoms with van der Waals surface area (Å²) in [7, 11) is 0. The smallest absolute Gasteiger partial charge is 0.137 e. The Labute approximate surface area is 71.0 Å². The lowest BCUT2D eigenvalue weighted by Gasteiger charge is -1.99. The van der Waals surface area contributed by atoms with Gasteiger partial charge < -0.3 is 10.2 Å². The van der Waals surface area contributed by atoms with Crippen molar-refractivity contribution in [3.05, 3.63) is 35.6 Å². The topological polar surface area (TPSA) is 39.2 Å². The van der Waals surface area contributed by atoms with Crippen molar-refractivity contribution in [1.29, 1.82) is 0 Å². The van der Waals surface area contributed by atoms with E-state index in [-0.39, 0.29) is 0 Å². The van der Waals surface area contributed by atoms with E-state index >= 15 is 0 Å². The van der Waals surface area contributed by atoms with Gasteiger partial charge in [0, 0.05) is 11.9 Å². The predicted octanol–water partition coefficient (Wildman–Crippen LogP) is 2.20. The summed E-state index contributed by atoms with van der Waals surface area (Å²) in [6.45, 7) is 2.60. The Morgan fingerprint density at radius 1 is 1.33 bits per heavy atom. The molecule has 2 aromatic rings. The van der Waals surface area contributed by atoms with Gasteiger partial charge in [-0.2, -0.15) is 0 Å². The number of aryl methyl sites for hydroxylation is 1. The van der Waals surface area contributed by atoms with Crippen molar-refractivity contribution in [2.24, 2.45) is 5.73 Å². The van der Waals surface area contributed by atoms with Crippen LogP contribution in [0.25, 0.3) is 11.0 Å². The molecule has 0 fully saturated rings. The van der Waals surface area contributed by atoms with Gasteiger partial charge in [0.1, 0.15) is 5.58 Å². The van der Waals surface area contributed by atoms with Crippen LogP contribution < -0.4 is 5.73 Å².